The summed E-state index contributed by atoms with van der Waals surface area (Å²) in [6.07, 6.45) is -6.22. The number of rotatable bonds is 0. The highest BCUT2D eigenvalue weighted by Gasteiger charge is 2.80. The number of hydrogen-bond donors (Lipinski definition) is 1. The standard InChI is InChI=1S/C25H22F3N3O4S/c1-22(2,3)35-21(34)31-16-12-8-5-9-13(16)23(19(31)32)17(25(26,27)28)24(29-18(23)36)14-10-6-7-11-15(14)30(4)20(24)33/h5-12,17H,1-4H3,(H,29,36)/t17-,23+,24-/m0/s1. The van der Waals surface area contributed by atoms with Gasteiger partial charge in [0.05, 0.1) is 10.7 Å². The number of para-hydroxylation sites is 2. The van der Waals surface area contributed by atoms with Crippen molar-refractivity contribution < 1.29 is 32.3 Å². The van der Waals surface area contributed by atoms with E-state index in [0.29, 0.717) is 4.90 Å². The Morgan fingerprint density at radius 3 is 2.11 bits per heavy atom. The van der Waals surface area contributed by atoms with Gasteiger partial charge >= 0.3 is 12.3 Å². The number of halogens is 3. The van der Waals surface area contributed by atoms with Gasteiger partial charge in [-0.3, -0.25) is 9.59 Å². The Morgan fingerprint density at radius 2 is 1.53 bits per heavy atom. The Hall–Kier alpha value is -3.47. The number of thiocarbonyl (C=S) groups is 1. The van der Waals surface area contributed by atoms with Crippen LogP contribution in [0.5, 0.6) is 0 Å². The van der Waals surface area contributed by atoms with E-state index in [9.17, 15) is 14.4 Å². The minimum Gasteiger partial charge on any atom is -0.443 e. The van der Waals surface area contributed by atoms with Crippen LogP contribution >= 0.6 is 12.2 Å². The van der Waals surface area contributed by atoms with Crippen molar-refractivity contribution in [2.45, 2.75) is 43.5 Å². The van der Waals surface area contributed by atoms with Gasteiger partial charge in [-0.15, -0.1) is 0 Å². The highest BCUT2D eigenvalue weighted by atomic mass is 32.1. The van der Waals surface area contributed by atoms with Crippen LogP contribution in [0.4, 0.5) is 29.3 Å². The number of amides is 3. The molecule has 3 heterocycles. The molecule has 3 aliphatic heterocycles. The van der Waals surface area contributed by atoms with Crippen molar-refractivity contribution in [1.29, 1.82) is 0 Å². The summed E-state index contributed by atoms with van der Waals surface area (Å²) in [7, 11) is 1.37. The molecule has 0 unspecified atom stereocenters. The topological polar surface area (TPSA) is 79.0 Å². The van der Waals surface area contributed by atoms with Gasteiger partial charge in [0.2, 0.25) is 0 Å². The highest BCUT2D eigenvalue weighted by Crippen LogP contribution is 2.63. The molecule has 2 aromatic rings. The van der Waals surface area contributed by atoms with Crippen LogP contribution < -0.4 is 15.1 Å². The lowest BCUT2D eigenvalue weighted by Gasteiger charge is -2.37. The van der Waals surface area contributed by atoms with Crippen molar-refractivity contribution in [3.8, 4) is 0 Å². The zero-order valence-electron chi connectivity index (χ0n) is 19.8. The van der Waals surface area contributed by atoms with Gasteiger partial charge in [-0.25, -0.2) is 9.69 Å². The fourth-order valence-corrected chi connectivity index (χ4v) is 6.15. The number of carbonyl (C=O) groups excluding carboxylic acids is 3. The van der Waals surface area contributed by atoms with Crippen LogP contribution in [-0.4, -0.2) is 41.7 Å². The predicted molar refractivity (Wildman–Crippen MR) is 129 cm³/mol. The van der Waals surface area contributed by atoms with Gasteiger partial charge in [0.25, 0.3) is 11.8 Å². The van der Waals surface area contributed by atoms with Crippen molar-refractivity contribution in [2.24, 2.45) is 5.92 Å². The Balaban J connectivity index is 1.81. The highest BCUT2D eigenvalue weighted by molar-refractivity contribution is 7.80. The number of hydrogen-bond acceptors (Lipinski definition) is 5. The quantitative estimate of drug-likeness (QED) is 0.528. The summed E-state index contributed by atoms with van der Waals surface area (Å²) in [4.78, 5) is 42.1. The lowest BCUT2D eigenvalue weighted by molar-refractivity contribution is -0.203. The molecule has 5 rings (SSSR count). The number of anilines is 2. The fraction of sp³-hybridized carbons (Fsp3) is 0.360. The largest absolute Gasteiger partial charge is 0.443 e. The molecule has 0 saturated carbocycles. The molecule has 0 aliphatic carbocycles. The minimum atomic E-state index is -5.09. The third-order valence-corrected chi connectivity index (χ3v) is 7.30. The van der Waals surface area contributed by atoms with Crippen molar-refractivity contribution in [3.05, 3.63) is 59.7 Å². The van der Waals surface area contributed by atoms with Crippen molar-refractivity contribution >= 4 is 46.5 Å². The van der Waals surface area contributed by atoms with Crippen LogP contribution in [0.1, 0.15) is 31.9 Å². The molecule has 0 radical (unpaired) electrons. The Morgan fingerprint density at radius 1 is 0.972 bits per heavy atom. The number of benzene rings is 2. The summed E-state index contributed by atoms with van der Waals surface area (Å²) in [5, 5.41) is 2.65. The molecule has 2 aromatic carbocycles. The Labute approximate surface area is 210 Å². The molecule has 188 valence electrons. The van der Waals surface area contributed by atoms with Crippen LogP contribution in [-0.2, 0) is 25.3 Å². The summed E-state index contributed by atoms with van der Waals surface area (Å²) < 4.78 is 51.1. The van der Waals surface area contributed by atoms with E-state index in [0.717, 1.165) is 4.90 Å². The smallest absolute Gasteiger partial charge is 0.421 e. The molecule has 1 saturated heterocycles. The lowest BCUT2D eigenvalue weighted by atomic mass is 9.64. The van der Waals surface area contributed by atoms with E-state index >= 15 is 13.2 Å². The number of imide groups is 1. The number of fused-ring (bicyclic) bond motifs is 4. The van der Waals surface area contributed by atoms with Crippen LogP contribution in [0, 0.1) is 5.92 Å². The monoisotopic (exact) mass is 517 g/mol. The fourth-order valence-electron chi connectivity index (χ4n) is 5.68. The number of alkyl halides is 3. The van der Waals surface area contributed by atoms with E-state index in [2.05, 4.69) is 5.32 Å². The maximum atomic E-state index is 15.2. The Kier molecular flexibility index (Phi) is 4.90. The second-order valence-electron chi connectivity index (χ2n) is 10.1. The van der Waals surface area contributed by atoms with E-state index < -0.39 is 51.5 Å². The molecule has 11 heteroatoms. The molecule has 0 bridgehead atoms. The van der Waals surface area contributed by atoms with Gasteiger partial charge in [-0.1, -0.05) is 48.6 Å². The second kappa shape index (κ2) is 7.28. The van der Waals surface area contributed by atoms with Crippen LogP contribution in [0.25, 0.3) is 0 Å². The lowest BCUT2D eigenvalue weighted by Crippen LogP contribution is -2.59. The predicted octanol–water partition coefficient (Wildman–Crippen LogP) is 4.19. The molecule has 3 aliphatic rings. The molecule has 3 amide bonds. The summed E-state index contributed by atoms with van der Waals surface area (Å²) in [6, 6.07) is 11.7. The number of likely N-dealkylation sites (N-methyl/N-ethyl adjacent to an activating group) is 1. The third kappa shape index (κ3) is 2.86. The molecule has 36 heavy (non-hydrogen) atoms. The van der Waals surface area contributed by atoms with Crippen LogP contribution in [0.3, 0.4) is 0 Å². The van der Waals surface area contributed by atoms with Gasteiger partial charge in [0.1, 0.15) is 16.9 Å². The number of carbonyl (C=O) groups is 3. The summed E-state index contributed by atoms with van der Waals surface area (Å²) in [6.45, 7) is 4.73. The molecule has 7 nitrogen and oxygen atoms in total. The molecule has 2 spiro atoms. The first-order valence-corrected chi connectivity index (χ1v) is 11.5. The van der Waals surface area contributed by atoms with E-state index in [1.807, 2.05) is 0 Å². The zero-order valence-corrected chi connectivity index (χ0v) is 20.6. The van der Waals surface area contributed by atoms with E-state index in [1.165, 1.54) is 49.5 Å². The molecule has 3 atom stereocenters. The SMILES string of the molecule is CN1C(=O)[C@]2(NC(=S)[C@]3(C(=O)N(C(=O)OC(C)(C)C)c4ccccc43)[C@@H]2C(F)(F)F)c2ccccc21. The molecule has 1 fully saturated rings. The van der Waals surface area contributed by atoms with E-state index in [-0.39, 0.29) is 22.5 Å². The van der Waals surface area contributed by atoms with E-state index in [1.54, 1.807) is 26.8 Å². The molecule has 0 aromatic heterocycles. The maximum absolute atomic E-state index is 15.2. The molecular weight excluding hydrogens is 495 g/mol. The number of nitrogens with zero attached hydrogens (tertiary/aromatic N) is 2. The normalized spacial score (nSPS) is 27.1. The maximum Gasteiger partial charge on any atom is 0.421 e. The summed E-state index contributed by atoms with van der Waals surface area (Å²) >= 11 is 5.49. The van der Waals surface area contributed by atoms with Crippen LogP contribution in [0.15, 0.2) is 48.5 Å². The Bertz CT molecular complexity index is 1350. The minimum absolute atomic E-state index is 0.0556. The zero-order chi connectivity index (χ0) is 26.4. The number of nitrogens with one attached hydrogen (secondary N) is 1. The first kappa shape index (κ1) is 24.2. The number of ether oxygens (including phenoxy) is 1. The van der Waals surface area contributed by atoms with Crippen molar-refractivity contribution in [3.63, 3.8) is 0 Å². The van der Waals surface area contributed by atoms with E-state index in [4.69, 9.17) is 17.0 Å². The third-order valence-electron chi connectivity index (χ3n) is 6.88. The van der Waals surface area contributed by atoms with Crippen molar-refractivity contribution in [1.82, 2.24) is 5.32 Å². The first-order valence-electron chi connectivity index (χ1n) is 11.1. The summed E-state index contributed by atoms with van der Waals surface area (Å²) in [5.41, 5.74) is -5.84. The van der Waals surface area contributed by atoms with Gasteiger partial charge in [0.15, 0.2) is 5.54 Å². The van der Waals surface area contributed by atoms with Gasteiger partial charge in [0, 0.05) is 18.3 Å². The molecule has 1 N–H and O–H groups in total. The second-order valence-corrected chi connectivity index (χ2v) is 10.5. The van der Waals surface area contributed by atoms with Gasteiger partial charge in [-0.05, 0) is 38.5 Å². The first-order chi connectivity index (χ1) is 16.7. The van der Waals surface area contributed by atoms with Crippen molar-refractivity contribution in [2.75, 3.05) is 16.8 Å². The average molecular weight is 518 g/mol. The van der Waals surface area contributed by atoms with Gasteiger partial charge in [-0.2, -0.15) is 13.2 Å². The molecular formula is C25H22F3N3O4S. The summed E-state index contributed by atoms with van der Waals surface area (Å²) in [5.74, 6) is -4.74. The van der Waals surface area contributed by atoms with Gasteiger partial charge < -0.3 is 15.0 Å². The average Bonchev–Trinajstić information content (AvgIpc) is 3.29. The van der Waals surface area contributed by atoms with Crippen LogP contribution in [0.2, 0.25) is 0 Å².